The number of likely N-dealkylation sites (tertiary alicyclic amines) is 1. The molecule has 0 aromatic heterocycles. The summed E-state index contributed by atoms with van der Waals surface area (Å²) in [7, 11) is 1.42. The van der Waals surface area contributed by atoms with Crippen LogP contribution in [0.3, 0.4) is 0 Å². The van der Waals surface area contributed by atoms with Crippen LogP contribution >= 0.6 is 0 Å². The summed E-state index contributed by atoms with van der Waals surface area (Å²) in [6.45, 7) is 2.48. The third-order valence-electron chi connectivity index (χ3n) is 4.10. The average molecular weight is 342 g/mol. The summed E-state index contributed by atoms with van der Waals surface area (Å²) in [6.07, 6.45) is 2.41. The second-order valence-corrected chi connectivity index (χ2v) is 6.04. The van der Waals surface area contributed by atoms with Crippen molar-refractivity contribution < 1.29 is 23.0 Å². The molecule has 1 aliphatic heterocycles. The van der Waals surface area contributed by atoms with Gasteiger partial charge in [-0.15, -0.1) is 0 Å². The second-order valence-electron chi connectivity index (χ2n) is 6.04. The number of carbonyl (C=O) groups is 1. The number of hydrogen-bond donors (Lipinski definition) is 1. The van der Waals surface area contributed by atoms with E-state index in [2.05, 4.69) is 21.9 Å². The number of methoxy groups -OCH3 is 1. The molecule has 24 heavy (non-hydrogen) atoms. The van der Waals surface area contributed by atoms with Crippen molar-refractivity contribution in [3.63, 3.8) is 0 Å². The van der Waals surface area contributed by atoms with Crippen LogP contribution in [0, 0.1) is 5.92 Å². The molecule has 0 aliphatic carbocycles. The molecule has 1 aromatic carbocycles. The van der Waals surface area contributed by atoms with E-state index in [0.717, 1.165) is 19.6 Å². The summed E-state index contributed by atoms with van der Waals surface area (Å²) < 4.78 is 34.5. The molecule has 5 nitrogen and oxygen atoms in total. The maximum absolute atomic E-state index is 12.5. The molecule has 2 rings (SSSR count). The molecule has 1 amide bonds. The Hall–Kier alpha value is -1.89. The molecule has 0 radical (unpaired) electrons. The number of alkyl halides is 2. The Bertz CT molecular complexity index is 555. The van der Waals surface area contributed by atoms with Gasteiger partial charge in [0, 0.05) is 25.7 Å². The maximum Gasteiger partial charge on any atom is 0.387 e. The van der Waals surface area contributed by atoms with E-state index >= 15 is 0 Å². The number of nitrogens with one attached hydrogen (secondary N) is 1. The van der Waals surface area contributed by atoms with Crippen molar-refractivity contribution in [3.05, 3.63) is 23.8 Å². The fourth-order valence-electron chi connectivity index (χ4n) is 2.92. The summed E-state index contributed by atoms with van der Waals surface area (Å²) in [5, 5.41) is 2.77. The molecule has 1 heterocycles. The number of ether oxygens (including phenoxy) is 2. The number of hydrogen-bond acceptors (Lipinski definition) is 4. The summed E-state index contributed by atoms with van der Waals surface area (Å²) in [5.74, 6) is 0.401. The number of halogens is 2. The number of carbonyl (C=O) groups excluding carboxylic acids is 1. The van der Waals surface area contributed by atoms with Crippen molar-refractivity contribution in [2.45, 2.75) is 26.4 Å². The van der Waals surface area contributed by atoms with E-state index in [0.29, 0.717) is 18.2 Å². The first-order valence-corrected chi connectivity index (χ1v) is 8.13. The SMILES string of the molecule is COc1ccc(C(=O)NCCN2CCC[C@@H](C)C2)c(OC(F)F)c1. The normalized spacial score (nSPS) is 18.5. The van der Waals surface area contributed by atoms with Gasteiger partial charge in [0.25, 0.3) is 5.91 Å². The second kappa shape index (κ2) is 8.82. The molecule has 7 heteroatoms. The molecule has 1 aliphatic rings. The number of piperidine rings is 1. The molecule has 134 valence electrons. The highest BCUT2D eigenvalue weighted by atomic mass is 19.3. The van der Waals surface area contributed by atoms with Gasteiger partial charge >= 0.3 is 6.61 Å². The van der Waals surface area contributed by atoms with Crippen molar-refractivity contribution in [2.24, 2.45) is 5.92 Å². The highest BCUT2D eigenvalue weighted by Gasteiger charge is 2.18. The fourth-order valence-corrected chi connectivity index (χ4v) is 2.92. The van der Waals surface area contributed by atoms with Crippen molar-refractivity contribution in [2.75, 3.05) is 33.3 Å². The predicted molar refractivity (Wildman–Crippen MR) is 86.8 cm³/mol. The van der Waals surface area contributed by atoms with E-state index in [1.54, 1.807) is 6.07 Å². The largest absolute Gasteiger partial charge is 0.497 e. The first-order chi connectivity index (χ1) is 11.5. The number of benzene rings is 1. The van der Waals surface area contributed by atoms with Crippen molar-refractivity contribution in [3.8, 4) is 11.5 Å². The minimum Gasteiger partial charge on any atom is -0.497 e. The summed E-state index contributed by atoms with van der Waals surface area (Å²) >= 11 is 0. The zero-order chi connectivity index (χ0) is 17.5. The van der Waals surface area contributed by atoms with Gasteiger partial charge < -0.3 is 19.7 Å². The first kappa shape index (κ1) is 18.4. The van der Waals surface area contributed by atoms with Crippen LogP contribution < -0.4 is 14.8 Å². The van der Waals surface area contributed by atoms with Gasteiger partial charge in [-0.25, -0.2) is 0 Å². The standard InChI is InChI=1S/C17H24F2N2O3/c1-12-4-3-8-21(11-12)9-7-20-16(22)14-6-5-13(23-2)10-15(14)24-17(18)19/h5-6,10,12,17H,3-4,7-9,11H2,1-2H3,(H,20,22)/t12-/m1/s1. The molecule has 0 bridgehead atoms. The lowest BCUT2D eigenvalue weighted by atomic mass is 10.0. The van der Waals surface area contributed by atoms with Gasteiger partial charge in [0.1, 0.15) is 11.5 Å². The lowest BCUT2D eigenvalue weighted by Gasteiger charge is -2.30. The Morgan fingerprint density at radius 1 is 1.46 bits per heavy atom. The Balaban J connectivity index is 1.93. The van der Waals surface area contributed by atoms with Crippen LogP contribution in [-0.2, 0) is 0 Å². The van der Waals surface area contributed by atoms with Gasteiger partial charge in [-0.1, -0.05) is 6.92 Å². The Labute approximate surface area is 140 Å². The van der Waals surface area contributed by atoms with E-state index in [1.165, 1.54) is 32.1 Å². The maximum atomic E-state index is 12.5. The van der Waals surface area contributed by atoms with Crippen LogP contribution in [0.25, 0.3) is 0 Å². The van der Waals surface area contributed by atoms with Gasteiger partial charge in [0.2, 0.25) is 0 Å². The van der Waals surface area contributed by atoms with Gasteiger partial charge in [0.15, 0.2) is 0 Å². The molecule has 1 saturated heterocycles. The Morgan fingerprint density at radius 3 is 2.92 bits per heavy atom. The number of nitrogens with zero attached hydrogens (tertiary/aromatic N) is 1. The van der Waals surface area contributed by atoms with E-state index in [-0.39, 0.29) is 11.3 Å². The monoisotopic (exact) mass is 342 g/mol. The molecular formula is C17H24F2N2O3. The van der Waals surface area contributed by atoms with Crippen molar-refractivity contribution in [1.82, 2.24) is 10.2 Å². The van der Waals surface area contributed by atoms with E-state index in [4.69, 9.17) is 4.74 Å². The van der Waals surface area contributed by atoms with Crippen molar-refractivity contribution in [1.29, 1.82) is 0 Å². The highest BCUT2D eigenvalue weighted by Crippen LogP contribution is 2.26. The molecule has 1 N–H and O–H groups in total. The minimum atomic E-state index is -3.00. The van der Waals surface area contributed by atoms with Gasteiger partial charge in [-0.05, 0) is 37.4 Å². The molecule has 1 fully saturated rings. The molecular weight excluding hydrogens is 318 g/mol. The molecule has 0 unspecified atom stereocenters. The molecule has 0 spiro atoms. The predicted octanol–water partition coefficient (Wildman–Crippen LogP) is 2.76. The first-order valence-electron chi connectivity index (χ1n) is 8.13. The minimum absolute atomic E-state index is 0.0723. The molecule has 0 saturated carbocycles. The van der Waals surface area contributed by atoms with Gasteiger partial charge in [-0.3, -0.25) is 4.79 Å². The van der Waals surface area contributed by atoms with Crippen LogP contribution in [-0.4, -0.2) is 50.7 Å². The lowest BCUT2D eigenvalue weighted by molar-refractivity contribution is -0.0502. The smallest absolute Gasteiger partial charge is 0.387 e. The van der Waals surface area contributed by atoms with E-state index in [1.807, 2.05) is 0 Å². The average Bonchev–Trinajstić information content (AvgIpc) is 2.54. The molecule has 1 aromatic rings. The third kappa shape index (κ3) is 5.33. The Kier molecular flexibility index (Phi) is 6.78. The van der Waals surface area contributed by atoms with Crippen LogP contribution in [0.4, 0.5) is 8.78 Å². The summed E-state index contributed by atoms with van der Waals surface area (Å²) in [6, 6.07) is 4.25. The van der Waals surface area contributed by atoms with Crippen molar-refractivity contribution >= 4 is 5.91 Å². The Morgan fingerprint density at radius 2 is 2.25 bits per heavy atom. The topological polar surface area (TPSA) is 50.8 Å². The quantitative estimate of drug-likeness (QED) is 0.828. The summed E-state index contributed by atoms with van der Waals surface area (Å²) in [4.78, 5) is 14.6. The number of rotatable bonds is 7. The van der Waals surface area contributed by atoms with E-state index in [9.17, 15) is 13.6 Å². The van der Waals surface area contributed by atoms with Crippen LogP contribution in [0.1, 0.15) is 30.1 Å². The third-order valence-corrected chi connectivity index (χ3v) is 4.10. The van der Waals surface area contributed by atoms with Crippen LogP contribution in [0.2, 0.25) is 0 Å². The van der Waals surface area contributed by atoms with Crippen LogP contribution in [0.5, 0.6) is 11.5 Å². The van der Waals surface area contributed by atoms with E-state index < -0.39 is 12.5 Å². The van der Waals surface area contributed by atoms with Crippen LogP contribution in [0.15, 0.2) is 18.2 Å². The highest BCUT2D eigenvalue weighted by molar-refractivity contribution is 5.97. The zero-order valence-corrected chi connectivity index (χ0v) is 14.1. The van der Waals surface area contributed by atoms with Gasteiger partial charge in [0.05, 0.1) is 12.7 Å². The lowest BCUT2D eigenvalue weighted by Crippen LogP contribution is -2.40. The summed E-state index contributed by atoms with van der Waals surface area (Å²) in [5.41, 5.74) is 0.0723. The number of amides is 1. The van der Waals surface area contributed by atoms with Gasteiger partial charge in [-0.2, -0.15) is 8.78 Å². The fraction of sp³-hybridized carbons (Fsp3) is 0.588. The zero-order valence-electron chi connectivity index (χ0n) is 14.1. The molecule has 1 atom stereocenters.